The van der Waals surface area contributed by atoms with Gasteiger partial charge in [0.15, 0.2) is 5.13 Å². The molecule has 0 spiro atoms. The lowest BCUT2D eigenvalue weighted by Gasteiger charge is -2.24. The molecule has 1 aliphatic heterocycles. The highest BCUT2D eigenvalue weighted by Gasteiger charge is 2.40. The third kappa shape index (κ3) is 6.39. The van der Waals surface area contributed by atoms with E-state index in [4.69, 9.17) is 21.3 Å². The fraction of sp³-hybridized carbons (Fsp3) is 0.417. The number of amides is 2. The second kappa shape index (κ2) is 9.96. The molecule has 1 aliphatic rings. The summed E-state index contributed by atoms with van der Waals surface area (Å²) in [6.45, 7) is 7.22. The Hall–Kier alpha value is -2.95. The van der Waals surface area contributed by atoms with Gasteiger partial charge in [0.25, 0.3) is 0 Å². The Labute approximate surface area is 213 Å². The van der Waals surface area contributed by atoms with Crippen molar-refractivity contribution in [2.24, 2.45) is 0 Å². The molecule has 2 aromatic heterocycles. The summed E-state index contributed by atoms with van der Waals surface area (Å²) in [5, 5.41) is 4.10. The van der Waals surface area contributed by atoms with E-state index in [1.54, 1.807) is 7.05 Å². The van der Waals surface area contributed by atoms with Crippen LogP contribution in [-0.2, 0) is 9.53 Å². The topological polar surface area (TPSA) is 90.7 Å². The second-order valence-corrected chi connectivity index (χ2v) is 10.9. The molecular weight excluding hydrogens is 488 g/mol. The average molecular weight is 517 g/mol. The maximum Gasteiger partial charge on any atom is 0.410 e. The van der Waals surface area contributed by atoms with E-state index in [9.17, 15) is 9.59 Å². The molecule has 0 radical (unpaired) electrons. The molecule has 2 unspecified atom stereocenters. The maximum absolute atomic E-state index is 12.7. The molecule has 3 heterocycles. The molecular formula is C24H29ClN6O3S. The standard InChI is InChI=1S/C24H29ClN6O3S/c1-24(2,3)34-23(33)29(4)12-13-31-14-18(31)20(32)28-22-26-17-10-11-19(27-21(17)35-22)30(5)16-8-6-15(25)7-9-16/h6-11,18H,12-14H2,1-5H3,(H,26,28,32). The monoisotopic (exact) mass is 516 g/mol. The predicted octanol–water partition coefficient (Wildman–Crippen LogP) is 4.60. The van der Waals surface area contributed by atoms with Crippen molar-refractivity contribution in [2.45, 2.75) is 32.4 Å². The van der Waals surface area contributed by atoms with Crippen LogP contribution in [0.25, 0.3) is 10.3 Å². The lowest BCUT2D eigenvalue weighted by molar-refractivity contribution is -0.116. The zero-order valence-electron chi connectivity index (χ0n) is 20.4. The van der Waals surface area contributed by atoms with E-state index in [0.717, 1.165) is 21.9 Å². The zero-order chi connectivity index (χ0) is 25.3. The van der Waals surface area contributed by atoms with Gasteiger partial charge in [-0.2, -0.15) is 0 Å². The molecule has 0 bridgehead atoms. The Balaban J connectivity index is 1.31. The van der Waals surface area contributed by atoms with Crippen molar-refractivity contribution in [1.82, 2.24) is 19.8 Å². The summed E-state index contributed by atoms with van der Waals surface area (Å²) in [7, 11) is 3.63. The second-order valence-electron chi connectivity index (χ2n) is 9.45. The molecule has 1 fully saturated rings. The Kier molecular flexibility index (Phi) is 7.16. The first-order chi connectivity index (χ1) is 16.5. The number of halogens is 1. The van der Waals surface area contributed by atoms with Crippen LogP contribution in [0.5, 0.6) is 0 Å². The Bertz CT molecular complexity index is 1230. The summed E-state index contributed by atoms with van der Waals surface area (Å²) in [6.07, 6.45) is -0.372. The van der Waals surface area contributed by atoms with Gasteiger partial charge in [-0.3, -0.25) is 9.69 Å². The van der Waals surface area contributed by atoms with Gasteiger partial charge in [0, 0.05) is 44.4 Å². The molecule has 0 aliphatic carbocycles. The van der Waals surface area contributed by atoms with Gasteiger partial charge >= 0.3 is 6.09 Å². The van der Waals surface area contributed by atoms with Crippen molar-refractivity contribution >= 4 is 61.9 Å². The first-order valence-electron chi connectivity index (χ1n) is 11.3. The molecule has 3 aromatic rings. The van der Waals surface area contributed by atoms with E-state index in [2.05, 4.69) is 10.3 Å². The molecule has 4 rings (SSSR count). The minimum atomic E-state index is -0.536. The summed E-state index contributed by atoms with van der Waals surface area (Å²) >= 11 is 7.32. The van der Waals surface area contributed by atoms with Crippen molar-refractivity contribution in [3.63, 3.8) is 0 Å². The van der Waals surface area contributed by atoms with Gasteiger partial charge in [-0.15, -0.1) is 0 Å². The number of anilines is 3. The van der Waals surface area contributed by atoms with Crippen molar-refractivity contribution in [3.8, 4) is 0 Å². The first kappa shape index (κ1) is 25.2. The molecule has 2 amide bonds. The summed E-state index contributed by atoms with van der Waals surface area (Å²) < 4.78 is 5.36. The van der Waals surface area contributed by atoms with Gasteiger partial charge in [0.05, 0.1) is 0 Å². The smallest absolute Gasteiger partial charge is 0.410 e. The Morgan fingerprint density at radius 3 is 2.57 bits per heavy atom. The van der Waals surface area contributed by atoms with Gasteiger partial charge in [0.2, 0.25) is 5.91 Å². The van der Waals surface area contributed by atoms with E-state index in [1.165, 1.54) is 16.2 Å². The number of pyridine rings is 1. The Morgan fingerprint density at radius 1 is 1.17 bits per heavy atom. The largest absolute Gasteiger partial charge is 0.444 e. The number of benzene rings is 1. The van der Waals surface area contributed by atoms with E-state index < -0.39 is 5.60 Å². The number of likely N-dealkylation sites (N-methyl/N-ethyl adjacent to an activating group) is 1. The Morgan fingerprint density at radius 2 is 1.89 bits per heavy atom. The van der Waals surface area contributed by atoms with Gasteiger partial charge in [-0.1, -0.05) is 22.9 Å². The fourth-order valence-corrected chi connectivity index (χ4v) is 4.38. The predicted molar refractivity (Wildman–Crippen MR) is 140 cm³/mol. The molecule has 1 aromatic carbocycles. The van der Waals surface area contributed by atoms with Crippen LogP contribution < -0.4 is 10.2 Å². The van der Waals surface area contributed by atoms with Crippen LogP contribution in [0.1, 0.15) is 20.8 Å². The molecule has 186 valence electrons. The van der Waals surface area contributed by atoms with Gasteiger partial charge in [-0.05, 0) is 57.2 Å². The maximum atomic E-state index is 12.7. The van der Waals surface area contributed by atoms with Crippen LogP contribution in [0.15, 0.2) is 36.4 Å². The van der Waals surface area contributed by atoms with Gasteiger partial charge in [-0.25, -0.2) is 14.8 Å². The number of nitrogens with one attached hydrogen (secondary N) is 1. The van der Waals surface area contributed by atoms with E-state index >= 15 is 0 Å². The minimum Gasteiger partial charge on any atom is -0.444 e. The van der Waals surface area contributed by atoms with Gasteiger partial charge < -0.3 is 19.9 Å². The van der Waals surface area contributed by atoms with Crippen LogP contribution in [-0.4, -0.2) is 77.1 Å². The number of aromatic nitrogens is 2. The molecule has 0 saturated carbocycles. The number of carbonyl (C=O) groups excluding carboxylic acids is 2. The number of fused-ring (bicyclic) bond motifs is 1. The molecule has 1 N–H and O–H groups in total. The van der Waals surface area contributed by atoms with E-state index in [-0.39, 0.29) is 18.0 Å². The normalized spacial score (nSPS) is 17.2. The molecule has 2 atom stereocenters. The van der Waals surface area contributed by atoms with Crippen LogP contribution in [0.2, 0.25) is 5.02 Å². The van der Waals surface area contributed by atoms with Crippen LogP contribution in [0.3, 0.4) is 0 Å². The molecule has 9 nitrogen and oxygen atoms in total. The van der Waals surface area contributed by atoms with Crippen LogP contribution in [0, 0.1) is 0 Å². The molecule has 1 saturated heterocycles. The third-order valence-corrected chi connectivity index (χ3v) is 6.61. The SMILES string of the molecule is CN(CCN1CC1C(=O)Nc1nc2ccc(N(C)c3ccc(Cl)cc3)nc2s1)C(=O)OC(C)(C)C. The van der Waals surface area contributed by atoms with Crippen molar-refractivity contribution in [2.75, 3.05) is 43.9 Å². The van der Waals surface area contributed by atoms with E-state index in [0.29, 0.717) is 29.8 Å². The van der Waals surface area contributed by atoms with Gasteiger partial charge in [0.1, 0.15) is 27.8 Å². The number of hydrogen-bond acceptors (Lipinski definition) is 8. The average Bonchev–Trinajstić information content (AvgIpc) is 3.47. The lowest BCUT2D eigenvalue weighted by atomic mass is 10.2. The highest BCUT2D eigenvalue weighted by molar-refractivity contribution is 7.22. The van der Waals surface area contributed by atoms with Crippen molar-refractivity contribution in [1.29, 1.82) is 0 Å². The quantitative estimate of drug-likeness (QED) is 0.459. The number of rotatable bonds is 7. The minimum absolute atomic E-state index is 0.109. The molecule has 35 heavy (non-hydrogen) atoms. The number of nitrogens with zero attached hydrogens (tertiary/aromatic N) is 5. The zero-order valence-corrected chi connectivity index (χ0v) is 22.0. The van der Waals surface area contributed by atoms with Crippen molar-refractivity contribution < 1.29 is 14.3 Å². The molecule has 11 heteroatoms. The highest BCUT2D eigenvalue weighted by Crippen LogP contribution is 2.30. The van der Waals surface area contributed by atoms with Crippen molar-refractivity contribution in [3.05, 3.63) is 41.4 Å². The number of carbonyl (C=O) groups is 2. The third-order valence-electron chi connectivity index (χ3n) is 5.47. The highest BCUT2D eigenvalue weighted by atomic mass is 35.5. The van der Waals surface area contributed by atoms with Crippen LogP contribution >= 0.6 is 22.9 Å². The summed E-state index contributed by atoms with van der Waals surface area (Å²) in [5.41, 5.74) is 1.15. The summed E-state index contributed by atoms with van der Waals surface area (Å²) in [6, 6.07) is 11.1. The summed E-state index contributed by atoms with van der Waals surface area (Å²) in [5.74, 6) is 0.659. The number of thiazole rings is 1. The number of hydrogen-bond donors (Lipinski definition) is 1. The lowest BCUT2D eigenvalue weighted by Crippen LogP contribution is -2.37. The van der Waals surface area contributed by atoms with E-state index in [1.807, 2.05) is 74.0 Å². The fourth-order valence-electron chi connectivity index (χ4n) is 3.41. The summed E-state index contributed by atoms with van der Waals surface area (Å²) in [4.78, 5) is 40.2. The van der Waals surface area contributed by atoms with Crippen LogP contribution in [0.4, 0.5) is 21.4 Å². The first-order valence-corrected chi connectivity index (χ1v) is 12.5. The number of ether oxygens (including phenoxy) is 1.